The summed E-state index contributed by atoms with van der Waals surface area (Å²) < 4.78 is 4.33. The molecular formula is C11H16N4O7. The molecule has 0 aromatic rings. The van der Waals surface area contributed by atoms with Crippen LogP contribution < -0.4 is 0 Å². The van der Waals surface area contributed by atoms with Gasteiger partial charge in [-0.2, -0.15) is 5.06 Å². The van der Waals surface area contributed by atoms with Crippen LogP contribution in [0.3, 0.4) is 0 Å². The molecule has 0 unspecified atom stereocenters. The van der Waals surface area contributed by atoms with Gasteiger partial charge < -0.3 is 9.57 Å². The molecule has 0 bridgehead atoms. The van der Waals surface area contributed by atoms with E-state index in [1.54, 1.807) is 0 Å². The number of nitrogens with zero attached hydrogens (tertiary/aromatic N) is 4. The van der Waals surface area contributed by atoms with Crippen molar-refractivity contribution in [1.29, 1.82) is 0 Å². The lowest BCUT2D eigenvalue weighted by Crippen LogP contribution is -2.76. The first-order chi connectivity index (χ1) is 10.2. The van der Waals surface area contributed by atoms with Gasteiger partial charge in [-0.3, -0.25) is 24.6 Å². The number of barbiturate groups is 1. The minimum absolute atomic E-state index is 0.213. The van der Waals surface area contributed by atoms with Gasteiger partial charge in [-0.1, -0.05) is 5.16 Å². The zero-order chi connectivity index (χ0) is 17.2. The number of rotatable bonds is 3. The van der Waals surface area contributed by atoms with Crippen LogP contribution in [0.4, 0.5) is 9.59 Å². The fraction of sp³-hybridized carbons (Fsp3) is 0.545. The minimum Gasteiger partial charge on any atom is -0.451 e. The Morgan fingerprint density at radius 1 is 1.18 bits per heavy atom. The Labute approximate surface area is 125 Å². The maximum atomic E-state index is 12.5. The summed E-state index contributed by atoms with van der Waals surface area (Å²) in [6.45, 7) is 1.18. The highest BCUT2D eigenvalue weighted by Gasteiger charge is 2.64. The quantitative estimate of drug-likeness (QED) is 0.314. The highest BCUT2D eigenvalue weighted by Crippen LogP contribution is 2.28. The summed E-state index contributed by atoms with van der Waals surface area (Å²) in [5, 5.41) is 13.3. The van der Waals surface area contributed by atoms with E-state index in [4.69, 9.17) is 0 Å². The molecule has 0 saturated carbocycles. The fourth-order valence-corrected chi connectivity index (χ4v) is 2.05. The molecule has 0 radical (unpaired) electrons. The molecule has 0 aliphatic carbocycles. The van der Waals surface area contributed by atoms with Gasteiger partial charge in [0, 0.05) is 14.1 Å². The van der Waals surface area contributed by atoms with Crippen molar-refractivity contribution in [3.63, 3.8) is 0 Å². The highest BCUT2D eigenvalue weighted by molar-refractivity contribution is 6.35. The van der Waals surface area contributed by atoms with Gasteiger partial charge in [0.2, 0.25) is 0 Å². The standard InChI is InChI=1S/C11H16N4O7/c1-6(12-22-5)11(15(20)10(19)21-4)7(16)13(2)9(18)14(3)8(11)17/h20H,1-5H3. The summed E-state index contributed by atoms with van der Waals surface area (Å²) in [5.41, 5.74) is -2.95. The molecule has 1 heterocycles. The van der Waals surface area contributed by atoms with Crippen molar-refractivity contribution in [3.8, 4) is 0 Å². The number of carbonyl (C=O) groups is 4. The van der Waals surface area contributed by atoms with Gasteiger partial charge >= 0.3 is 12.1 Å². The van der Waals surface area contributed by atoms with Crippen molar-refractivity contribution in [2.45, 2.75) is 12.5 Å². The SMILES string of the molecule is CON=C(C)C1(N(O)C(=O)OC)C(=O)N(C)C(=O)N(C)C1=O. The summed E-state index contributed by atoms with van der Waals surface area (Å²) in [6, 6.07) is -0.922. The maximum absolute atomic E-state index is 12.5. The van der Waals surface area contributed by atoms with Crippen LogP contribution in [0, 0.1) is 0 Å². The number of oxime groups is 1. The van der Waals surface area contributed by atoms with Gasteiger partial charge in [0.15, 0.2) is 0 Å². The van der Waals surface area contributed by atoms with E-state index < -0.39 is 29.5 Å². The number of likely N-dealkylation sites (N-methyl/N-ethyl adjacent to an activating group) is 2. The van der Waals surface area contributed by atoms with Crippen LogP contribution >= 0.6 is 0 Å². The number of hydrogen-bond acceptors (Lipinski definition) is 8. The lowest BCUT2D eigenvalue weighted by molar-refractivity contribution is -0.178. The molecule has 1 aliphatic heterocycles. The molecular weight excluding hydrogens is 300 g/mol. The summed E-state index contributed by atoms with van der Waals surface area (Å²) >= 11 is 0. The van der Waals surface area contributed by atoms with Crippen molar-refractivity contribution in [2.24, 2.45) is 5.16 Å². The lowest BCUT2D eigenvalue weighted by Gasteiger charge is -2.43. The first kappa shape index (κ1) is 17.4. The van der Waals surface area contributed by atoms with Crippen molar-refractivity contribution < 1.29 is 34.0 Å². The number of carbonyl (C=O) groups excluding carboxylic acids is 4. The molecule has 122 valence electrons. The van der Waals surface area contributed by atoms with Gasteiger partial charge in [0.25, 0.3) is 17.4 Å². The predicted molar refractivity (Wildman–Crippen MR) is 69.8 cm³/mol. The number of ether oxygens (including phenoxy) is 1. The Morgan fingerprint density at radius 3 is 2.00 bits per heavy atom. The largest absolute Gasteiger partial charge is 0.451 e. The Morgan fingerprint density at radius 2 is 1.64 bits per heavy atom. The molecule has 0 atom stereocenters. The Bertz CT molecular complexity index is 535. The maximum Gasteiger partial charge on any atom is 0.435 e. The van der Waals surface area contributed by atoms with Crippen LogP contribution in [-0.4, -0.2) is 83.6 Å². The number of imide groups is 2. The molecule has 0 aromatic carbocycles. The van der Waals surface area contributed by atoms with Crippen LogP contribution in [0.25, 0.3) is 0 Å². The zero-order valence-corrected chi connectivity index (χ0v) is 12.7. The zero-order valence-electron chi connectivity index (χ0n) is 12.7. The normalized spacial score (nSPS) is 18.5. The Hall–Kier alpha value is -2.69. The average molecular weight is 316 g/mol. The third kappa shape index (κ3) is 2.15. The predicted octanol–water partition coefficient (Wildman–Crippen LogP) is -0.744. The van der Waals surface area contributed by atoms with E-state index in [9.17, 15) is 24.4 Å². The van der Waals surface area contributed by atoms with E-state index in [-0.39, 0.29) is 10.8 Å². The van der Waals surface area contributed by atoms with Crippen molar-refractivity contribution >= 4 is 29.7 Å². The first-order valence-corrected chi connectivity index (χ1v) is 5.93. The van der Waals surface area contributed by atoms with Crippen molar-refractivity contribution in [2.75, 3.05) is 28.3 Å². The summed E-state index contributed by atoms with van der Waals surface area (Å²) in [5.74, 6) is -2.35. The third-order valence-corrected chi connectivity index (χ3v) is 3.22. The van der Waals surface area contributed by atoms with Crippen LogP contribution in [-0.2, 0) is 19.2 Å². The Balaban J connectivity index is 3.65. The molecule has 1 saturated heterocycles. The monoisotopic (exact) mass is 316 g/mol. The van der Waals surface area contributed by atoms with E-state index >= 15 is 0 Å². The molecule has 11 nitrogen and oxygen atoms in total. The second kappa shape index (κ2) is 5.97. The van der Waals surface area contributed by atoms with Crippen LogP contribution in [0.5, 0.6) is 0 Å². The van der Waals surface area contributed by atoms with E-state index in [0.717, 1.165) is 28.3 Å². The number of hydroxylamine groups is 2. The van der Waals surface area contributed by atoms with E-state index in [2.05, 4.69) is 14.7 Å². The van der Waals surface area contributed by atoms with Gasteiger partial charge in [-0.05, 0) is 6.92 Å². The average Bonchev–Trinajstić information content (AvgIpc) is 2.50. The highest BCUT2D eigenvalue weighted by atomic mass is 16.6. The van der Waals surface area contributed by atoms with Crippen LogP contribution in [0.2, 0.25) is 0 Å². The molecule has 1 fully saturated rings. The number of hydrogen-bond donors (Lipinski definition) is 1. The second-order valence-electron chi connectivity index (χ2n) is 4.36. The second-order valence-corrected chi connectivity index (χ2v) is 4.36. The number of methoxy groups -OCH3 is 1. The van der Waals surface area contributed by atoms with E-state index in [0.29, 0.717) is 9.80 Å². The van der Waals surface area contributed by atoms with Gasteiger partial charge in [0.1, 0.15) is 12.8 Å². The molecule has 1 N–H and O–H groups in total. The molecule has 1 aliphatic rings. The van der Waals surface area contributed by atoms with Gasteiger partial charge in [-0.25, -0.2) is 9.59 Å². The van der Waals surface area contributed by atoms with Gasteiger partial charge in [0.05, 0.1) is 7.11 Å². The molecule has 1 rings (SSSR count). The summed E-state index contributed by atoms with van der Waals surface area (Å²) in [4.78, 5) is 54.1. The van der Waals surface area contributed by atoms with E-state index in [1.165, 1.54) is 6.92 Å². The van der Waals surface area contributed by atoms with Crippen LogP contribution in [0.15, 0.2) is 5.16 Å². The summed E-state index contributed by atoms with van der Waals surface area (Å²) in [6.07, 6.45) is -1.39. The first-order valence-electron chi connectivity index (χ1n) is 5.93. The molecule has 5 amide bonds. The molecule has 22 heavy (non-hydrogen) atoms. The van der Waals surface area contributed by atoms with E-state index in [1.807, 2.05) is 0 Å². The fourth-order valence-electron chi connectivity index (χ4n) is 2.05. The van der Waals surface area contributed by atoms with Crippen molar-refractivity contribution in [3.05, 3.63) is 0 Å². The minimum atomic E-state index is -2.60. The van der Waals surface area contributed by atoms with Crippen molar-refractivity contribution in [1.82, 2.24) is 14.9 Å². The molecule has 0 spiro atoms. The van der Waals surface area contributed by atoms with Gasteiger partial charge in [-0.15, -0.1) is 0 Å². The lowest BCUT2D eigenvalue weighted by atomic mass is 9.88. The molecule has 0 aromatic heterocycles. The van der Waals surface area contributed by atoms with Crippen LogP contribution in [0.1, 0.15) is 6.92 Å². The third-order valence-electron chi connectivity index (χ3n) is 3.22. The smallest absolute Gasteiger partial charge is 0.435 e. The Kier molecular flexibility index (Phi) is 4.71. The number of amides is 5. The number of urea groups is 1. The topological polar surface area (TPSA) is 129 Å². The summed E-state index contributed by atoms with van der Waals surface area (Å²) in [7, 11) is 4.27. The molecule has 11 heteroatoms.